The van der Waals surface area contributed by atoms with Crippen molar-refractivity contribution in [3.63, 3.8) is 0 Å². The largest absolute Gasteiger partial charge is 0.506 e. The van der Waals surface area contributed by atoms with Gasteiger partial charge in [0, 0.05) is 12.5 Å². The van der Waals surface area contributed by atoms with Crippen LogP contribution in [0.2, 0.25) is 0 Å². The Hall–Kier alpha value is -2.08. The molecule has 0 radical (unpaired) electrons. The second-order valence-corrected chi connectivity index (χ2v) is 4.70. The van der Waals surface area contributed by atoms with E-state index in [4.69, 9.17) is 10.8 Å². The Kier molecular flexibility index (Phi) is 4.88. The summed E-state index contributed by atoms with van der Waals surface area (Å²) >= 11 is 0. The Morgan fingerprint density at radius 2 is 2.00 bits per heavy atom. The van der Waals surface area contributed by atoms with Crippen molar-refractivity contribution in [2.24, 2.45) is 11.7 Å². The molecule has 0 saturated heterocycles. The summed E-state index contributed by atoms with van der Waals surface area (Å²) in [4.78, 5) is 22.5. The molecular weight excluding hydrogens is 248 g/mol. The quantitative estimate of drug-likeness (QED) is 0.602. The first-order valence-corrected chi connectivity index (χ1v) is 5.93. The first-order valence-electron chi connectivity index (χ1n) is 5.93. The van der Waals surface area contributed by atoms with Crippen LogP contribution in [0.4, 0.5) is 5.69 Å². The number of hydrogen-bond acceptors (Lipinski definition) is 4. The number of phenols is 1. The van der Waals surface area contributed by atoms with E-state index in [2.05, 4.69) is 5.32 Å². The molecule has 1 aromatic carbocycles. The van der Waals surface area contributed by atoms with Gasteiger partial charge in [0.25, 0.3) is 0 Å². The van der Waals surface area contributed by atoms with Crippen molar-refractivity contribution in [3.05, 3.63) is 23.8 Å². The number of carboxylic acids is 1. The third-order valence-corrected chi connectivity index (χ3v) is 2.79. The number of amides is 1. The maximum atomic E-state index is 11.7. The minimum Gasteiger partial charge on any atom is -0.506 e. The molecule has 0 aliphatic carbocycles. The zero-order chi connectivity index (χ0) is 14.6. The van der Waals surface area contributed by atoms with Gasteiger partial charge < -0.3 is 21.3 Å². The lowest BCUT2D eigenvalue weighted by molar-refractivity contribution is -0.116. The van der Waals surface area contributed by atoms with Crippen LogP contribution < -0.4 is 11.1 Å². The molecule has 6 nitrogen and oxygen atoms in total. The molecule has 0 heterocycles. The van der Waals surface area contributed by atoms with Crippen LogP contribution in [0, 0.1) is 5.92 Å². The van der Waals surface area contributed by atoms with Crippen molar-refractivity contribution < 1.29 is 19.8 Å². The summed E-state index contributed by atoms with van der Waals surface area (Å²) < 4.78 is 0. The predicted octanol–water partition coefficient (Wildman–Crippen LogP) is 1.40. The molecule has 1 unspecified atom stereocenters. The highest BCUT2D eigenvalue weighted by atomic mass is 16.4. The normalized spacial score (nSPS) is 12.2. The molecule has 104 valence electrons. The van der Waals surface area contributed by atoms with Gasteiger partial charge >= 0.3 is 5.97 Å². The van der Waals surface area contributed by atoms with Gasteiger partial charge in [0.15, 0.2) is 0 Å². The highest BCUT2D eigenvalue weighted by Gasteiger charge is 2.15. The molecule has 5 N–H and O–H groups in total. The second kappa shape index (κ2) is 6.19. The van der Waals surface area contributed by atoms with Gasteiger partial charge in [-0.1, -0.05) is 13.8 Å². The first-order chi connectivity index (χ1) is 8.81. The summed E-state index contributed by atoms with van der Waals surface area (Å²) in [5.74, 6) is -1.52. The minimum absolute atomic E-state index is 0.0127. The fourth-order valence-electron chi connectivity index (χ4n) is 1.42. The van der Waals surface area contributed by atoms with Crippen LogP contribution >= 0.6 is 0 Å². The second-order valence-electron chi connectivity index (χ2n) is 4.70. The number of benzene rings is 1. The number of hydrogen-bond donors (Lipinski definition) is 4. The summed E-state index contributed by atoms with van der Waals surface area (Å²) in [6.07, 6.45) is 0.106. The van der Waals surface area contributed by atoms with E-state index < -0.39 is 5.97 Å². The Morgan fingerprint density at radius 3 is 2.53 bits per heavy atom. The van der Waals surface area contributed by atoms with Crippen molar-refractivity contribution in [3.8, 4) is 5.75 Å². The standard InChI is InChI=1S/C13H18N2O4/c1-7(2)9(14)6-12(17)15-10-5-8(13(18)19)3-4-11(10)16/h3-5,7,9,16H,6,14H2,1-2H3,(H,15,17)(H,18,19). The van der Waals surface area contributed by atoms with Gasteiger partial charge in [-0.15, -0.1) is 0 Å². The summed E-state index contributed by atoms with van der Waals surface area (Å²) in [6.45, 7) is 3.81. The summed E-state index contributed by atoms with van der Waals surface area (Å²) in [5.41, 5.74) is 5.83. The zero-order valence-electron chi connectivity index (χ0n) is 10.9. The fourth-order valence-corrected chi connectivity index (χ4v) is 1.42. The van der Waals surface area contributed by atoms with Gasteiger partial charge in [0.05, 0.1) is 11.3 Å². The predicted molar refractivity (Wildman–Crippen MR) is 71.1 cm³/mol. The van der Waals surface area contributed by atoms with Crippen LogP contribution in [-0.2, 0) is 4.79 Å². The molecule has 0 spiro atoms. The third kappa shape index (κ3) is 4.26. The molecule has 0 aromatic heterocycles. The number of carbonyl (C=O) groups excluding carboxylic acids is 1. The van der Waals surface area contributed by atoms with E-state index in [0.29, 0.717) is 0 Å². The molecule has 6 heteroatoms. The molecule has 1 amide bonds. The van der Waals surface area contributed by atoms with E-state index in [9.17, 15) is 14.7 Å². The van der Waals surface area contributed by atoms with Gasteiger partial charge in [-0.25, -0.2) is 4.79 Å². The van der Waals surface area contributed by atoms with Crippen molar-refractivity contribution in [1.82, 2.24) is 0 Å². The highest BCUT2D eigenvalue weighted by Crippen LogP contribution is 2.24. The molecule has 0 saturated carbocycles. The SMILES string of the molecule is CC(C)C(N)CC(=O)Nc1cc(C(=O)O)ccc1O. The maximum Gasteiger partial charge on any atom is 0.335 e. The van der Waals surface area contributed by atoms with E-state index in [1.165, 1.54) is 18.2 Å². The molecule has 1 atom stereocenters. The van der Waals surface area contributed by atoms with E-state index in [1.54, 1.807) is 0 Å². The average molecular weight is 266 g/mol. The third-order valence-electron chi connectivity index (χ3n) is 2.79. The lowest BCUT2D eigenvalue weighted by Gasteiger charge is -2.15. The van der Waals surface area contributed by atoms with Crippen molar-refractivity contribution in [1.29, 1.82) is 0 Å². The van der Waals surface area contributed by atoms with Crippen molar-refractivity contribution in [2.45, 2.75) is 26.3 Å². The number of nitrogens with one attached hydrogen (secondary N) is 1. The van der Waals surface area contributed by atoms with Gasteiger partial charge in [-0.05, 0) is 24.1 Å². The zero-order valence-corrected chi connectivity index (χ0v) is 10.9. The number of aromatic hydroxyl groups is 1. The minimum atomic E-state index is -1.13. The Labute approximate surface area is 111 Å². The number of anilines is 1. The van der Waals surface area contributed by atoms with Crippen molar-refractivity contribution >= 4 is 17.6 Å². The summed E-state index contributed by atoms with van der Waals surface area (Å²) in [6, 6.07) is 3.40. The van der Waals surface area contributed by atoms with Crippen LogP contribution in [0.25, 0.3) is 0 Å². The topological polar surface area (TPSA) is 113 Å². The molecule has 0 aliphatic rings. The number of nitrogens with two attached hydrogens (primary N) is 1. The Bertz CT molecular complexity index is 486. The fraction of sp³-hybridized carbons (Fsp3) is 0.385. The average Bonchev–Trinajstić information content (AvgIpc) is 2.31. The van der Waals surface area contributed by atoms with Crippen LogP contribution in [0.15, 0.2) is 18.2 Å². The summed E-state index contributed by atoms with van der Waals surface area (Å²) in [7, 11) is 0. The van der Waals surface area contributed by atoms with E-state index in [-0.39, 0.29) is 41.3 Å². The molecule has 0 fully saturated rings. The van der Waals surface area contributed by atoms with Gasteiger partial charge in [-0.2, -0.15) is 0 Å². The molecule has 1 aromatic rings. The molecule has 0 aliphatic heterocycles. The summed E-state index contributed by atoms with van der Waals surface area (Å²) in [5, 5.41) is 20.9. The van der Waals surface area contributed by atoms with Crippen molar-refractivity contribution in [2.75, 3.05) is 5.32 Å². The van der Waals surface area contributed by atoms with Crippen LogP contribution in [0.5, 0.6) is 5.75 Å². The first kappa shape index (κ1) is 15.0. The van der Waals surface area contributed by atoms with Crippen LogP contribution in [0.3, 0.4) is 0 Å². The Balaban J connectivity index is 2.79. The molecule has 19 heavy (non-hydrogen) atoms. The lowest BCUT2D eigenvalue weighted by atomic mass is 10.0. The van der Waals surface area contributed by atoms with Gasteiger partial charge in [0.2, 0.25) is 5.91 Å². The van der Waals surface area contributed by atoms with Crippen LogP contribution in [-0.4, -0.2) is 28.1 Å². The maximum absolute atomic E-state index is 11.7. The monoisotopic (exact) mass is 266 g/mol. The molecule has 1 rings (SSSR count). The lowest BCUT2D eigenvalue weighted by Crippen LogP contribution is -2.31. The number of carbonyl (C=O) groups is 2. The molecular formula is C13H18N2O4. The van der Waals surface area contributed by atoms with Gasteiger partial charge in [0.1, 0.15) is 5.75 Å². The number of aromatic carboxylic acids is 1. The van der Waals surface area contributed by atoms with E-state index in [1.807, 2.05) is 13.8 Å². The number of carboxylic acid groups (broad SMARTS) is 1. The number of rotatable bonds is 5. The van der Waals surface area contributed by atoms with E-state index >= 15 is 0 Å². The smallest absolute Gasteiger partial charge is 0.335 e. The van der Waals surface area contributed by atoms with E-state index in [0.717, 1.165) is 0 Å². The highest BCUT2D eigenvalue weighted by molar-refractivity contribution is 5.95. The Morgan fingerprint density at radius 1 is 1.37 bits per heavy atom. The molecule has 0 bridgehead atoms. The van der Waals surface area contributed by atoms with Crippen LogP contribution in [0.1, 0.15) is 30.6 Å². The van der Waals surface area contributed by atoms with Gasteiger partial charge in [-0.3, -0.25) is 4.79 Å². The number of phenolic OH excluding ortho intramolecular Hbond substituents is 1.